The van der Waals surface area contributed by atoms with Gasteiger partial charge in [0, 0.05) is 31.6 Å². The van der Waals surface area contributed by atoms with Crippen LogP contribution in [0.1, 0.15) is 31.3 Å². The summed E-state index contributed by atoms with van der Waals surface area (Å²) >= 11 is 0. The number of benzene rings is 1. The van der Waals surface area contributed by atoms with Crippen molar-refractivity contribution in [2.45, 2.75) is 26.8 Å². The molecule has 5 heteroatoms. The van der Waals surface area contributed by atoms with Crippen molar-refractivity contribution < 1.29 is 4.79 Å². The lowest BCUT2D eigenvalue weighted by atomic mass is 10.1. The van der Waals surface area contributed by atoms with E-state index in [1.807, 2.05) is 36.2 Å². The van der Waals surface area contributed by atoms with E-state index in [0.29, 0.717) is 17.7 Å². The van der Waals surface area contributed by atoms with Crippen molar-refractivity contribution in [2.24, 2.45) is 13.0 Å². The summed E-state index contributed by atoms with van der Waals surface area (Å²) in [5, 5.41) is 5.42. The Kier molecular flexibility index (Phi) is 4.39. The van der Waals surface area contributed by atoms with Crippen LogP contribution in [-0.4, -0.2) is 57.7 Å². The van der Waals surface area contributed by atoms with Crippen LogP contribution in [0.2, 0.25) is 0 Å². The van der Waals surface area contributed by atoms with E-state index < -0.39 is 0 Å². The maximum absolute atomic E-state index is 13.0. The number of hydrogen-bond acceptors (Lipinski definition) is 3. The number of para-hydroxylation sites is 1. The number of aromatic nitrogens is 2. The van der Waals surface area contributed by atoms with Gasteiger partial charge in [0.05, 0.1) is 5.52 Å². The van der Waals surface area contributed by atoms with Gasteiger partial charge in [-0.15, -0.1) is 0 Å². The Balaban J connectivity index is 1.86. The molecule has 1 amide bonds. The first-order valence-corrected chi connectivity index (χ1v) is 8.51. The molecule has 2 heterocycles. The molecule has 0 radical (unpaired) electrons. The van der Waals surface area contributed by atoms with Crippen molar-refractivity contribution in [2.75, 3.05) is 26.2 Å². The van der Waals surface area contributed by atoms with E-state index in [-0.39, 0.29) is 5.91 Å². The first-order chi connectivity index (χ1) is 11.1. The van der Waals surface area contributed by atoms with Gasteiger partial charge in [0.1, 0.15) is 0 Å². The lowest BCUT2D eigenvalue weighted by Crippen LogP contribution is -2.40. The molecule has 2 atom stereocenters. The average Bonchev–Trinajstić information content (AvgIpc) is 3.10. The van der Waals surface area contributed by atoms with E-state index in [9.17, 15) is 4.79 Å². The number of nitrogens with zero attached hydrogens (tertiary/aromatic N) is 4. The Morgan fingerprint density at radius 1 is 1.26 bits per heavy atom. The number of aryl methyl sites for hydroxylation is 1. The molecule has 1 aliphatic heterocycles. The average molecular weight is 314 g/mol. The topological polar surface area (TPSA) is 41.4 Å². The third-order valence-corrected chi connectivity index (χ3v) is 5.10. The summed E-state index contributed by atoms with van der Waals surface area (Å²) in [6.07, 6.45) is 0. The van der Waals surface area contributed by atoms with Crippen molar-refractivity contribution in [3.63, 3.8) is 0 Å². The van der Waals surface area contributed by atoms with Crippen molar-refractivity contribution in [3.8, 4) is 0 Å². The fourth-order valence-electron chi connectivity index (χ4n) is 3.80. The van der Waals surface area contributed by atoms with Crippen LogP contribution in [0, 0.1) is 5.92 Å². The lowest BCUT2D eigenvalue weighted by molar-refractivity contribution is 0.0772. The van der Waals surface area contributed by atoms with E-state index in [2.05, 4.69) is 30.8 Å². The van der Waals surface area contributed by atoms with Gasteiger partial charge in [-0.2, -0.15) is 5.10 Å². The smallest absolute Gasteiger partial charge is 0.275 e. The van der Waals surface area contributed by atoms with Gasteiger partial charge in [-0.25, -0.2) is 0 Å². The van der Waals surface area contributed by atoms with E-state index >= 15 is 0 Å². The molecule has 0 aliphatic carbocycles. The predicted octanol–water partition coefficient (Wildman–Crippen LogP) is 2.38. The van der Waals surface area contributed by atoms with Crippen LogP contribution >= 0.6 is 0 Å². The number of fused-ring (bicyclic) bond motifs is 1. The molecule has 1 aliphatic rings. The molecule has 3 rings (SSSR count). The highest BCUT2D eigenvalue weighted by atomic mass is 16.2. The molecule has 1 saturated heterocycles. The van der Waals surface area contributed by atoms with E-state index in [0.717, 1.165) is 37.1 Å². The Morgan fingerprint density at radius 2 is 1.96 bits per heavy atom. The Hall–Kier alpha value is -1.88. The number of rotatable bonds is 4. The molecule has 124 valence electrons. The van der Waals surface area contributed by atoms with Gasteiger partial charge in [-0.05, 0) is 25.1 Å². The summed E-state index contributed by atoms with van der Waals surface area (Å²) in [4.78, 5) is 17.4. The number of likely N-dealkylation sites (tertiary alicyclic amines) is 1. The second kappa shape index (κ2) is 6.32. The molecule has 0 unspecified atom stereocenters. The highest BCUT2D eigenvalue weighted by Crippen LogP contribution is 2.25. The van der Waals surface area contributed by atoms with Gasteiger partial charge in [-0.3, -0.25) is 14.4 Å². The van der Waals surface area contributed by atoms with Crippen LogP contribution in [0.4, 0.5) is 0 Å². The zero-order valence-corrected chi connectivity index (χ0v) is 14.5. The van der Waals surface area contributed by atoms with Crippen LogP contribution in [0.3, 0.4) is 0 Å². The van der Waals surface area contributed by atoms with Crippen molar-refractivity contribution in [3.05, 3.63) is 30.0 Å². The summed E-state index contributed by atoms with van der Waals surface area (Å²) in [5.74, 6) is 0.553. The summed E-state index contributed by atoms with van der Waals surface area (Å²) in [6, 6.07) is 8.38. The van der Waals surface area contributed by atoms with Gasteiger partial charge in [0.25, 0.3) is 5.91 Å². The molecule has 5 nitrogen and oxygen atoms in total. The number of carbonyl (C=O) groups is 1. The predicted molar refractivity (Wildman–Crippen MR) is 92.5 cm³/mol. The highest BCUT2D eigenvalue weighted by Gasteiger charge is 2.36. The maximum Gasteiger partial charge on any atom is 0.275 e. The quantitative estimate of drug-likeness (QED) is 0.870. The minimum atomic E-state index is 0.0586. The monoisotopic (exact) mass is 314 g/mol. The van der Waals surface area contributed by atoms with Gasteiger partial charge >= 0.3 is 0 Å². The van der Waals surface area contributed by atoms with Crippen LogP contribution < -0.4 is 0 Å². The number of amides is 1. The van der Waals surface area contributed by atoms with E-state index in [1.165, 1.54) is 0 Å². The van der Waals surface area contributed by atoms with Crippen LogP contribution in [0.15, 0.2) is 24.3 Å². The first-order valence-electron chi connectivity index (χ1n) is 8.51. The Labute approximate surface area is 137 Å². The number of hydrogen-bond donors (Lipinski definition) is 0. The maximum atomic E-state index is 13.0. The SMILES string of the molecule is CCN(CC)[C@@H]1CN(C(=O)c2nn(C)c3ccccc23)C[C@@H]1C. The second-order valence-corrected chi connectivity index (χ2v) is 6.47. The summed E-state index contributed by atoms with van der Waals surface area (Å²) in [5.41, 5.74) is 1.58. The summed E-state index contributed by atoms with van der Waals surface area (Å²) < 4.78 is 1.80. The molecular formula is C18H26N4O. The number of carbonyl (C=O) groups excluding carboxylic acids is 1. The minimum Gasteiger partial charge on any atom is -0.335 e. The fourth-order valence-corrected chi connectivity index (χ4v) is 3.80. The van der Waals surface area contributed by atoms with Crippen LogP contribution in [0.5, 0.6) is 0 Å². The van der Waals surface area contributed by atoms with Gasteiger partial charge < -0.3 is 4.90 Å². The van der Waals surface area contributed by atoms with Crippen LogP contribution in [-0.2, 0) is 7.05 Å². The van der Waals surface area contributed by atoms with Crippen molar-refractivity contribution in [1.29, 1.82) is 0 Å². The van der Waals surface area contributed by atoms with Crippen molar-refractivity contribution in [1.82, 2.24) is 19.6 Å². The minimum absolute atomic E-state index is 0.0586. The third-order valence-electron chi connectivity index (χ3n) is 5.10. The van der Waals surface area contributed by atoms with Gasteiger partial charge in [0.2, 0.25) is 0 Å². The molecule has 2 aromatic rings. The Bertz CT molecular complexity index is 704. The zero-order valence-electron chi connectivity index (χ0n) is 14.5. The molecule has 0 saturated carbocycles. The highest BCUT2D eigenvalue weighted by molar-refractivity contribution is 6.04. The van der Waals surface area contributed by atoms with Crippen molar-refractivity contribution >= 4 is 16.8 Å². The molecule has 0 N–H and O–H groups in total. The van der Waals surface area contributed by atoms with E-state index in [4.69, 9.17) is 0 Å². The molecule has 0 spiro atoms. The zero-order chi connectivity index (χ0) is 16.6. The number of likely N-dealkylation sites (N-methyl/N-ethyl adjacent to an activating group) is 1. The first kappa shape index (κ1) is 16.0. The van der Waals surface area contributed by atoms with Crippen LogP contribution in [0.25, 0.3) is 10.9 Å². The van der Waals surface area contributed by atoms with Gasteiger partial charge in [-0.1, -0.05) is 39.0 Å². The Morgan fingerprint density at radius 3 is 2.65 bits per heavy atom. The summed E-state index contributed by atoms with van der Waals surface area (Å²) in [6.45, 7) is 10.3. The molecule has 1 aromatic heterocycles. The lowest BCUT2D eigenvalue weighted by Gasteiger charge is -2.28. The van der Waals surface area contributed by atoms with E-state index in [1.54, 1.807) is 4.68 Å². The fraction of sp³-hybridized carbons (Fsp3) is 0.556. The normalized spacial score (nSPS) is 21.5. The second-order valence-electron chi connectivity index (χ2n) is 6.47. The molecule has 0 bridgehead atoms. The largest absolute Gasteiger partial charge is 0.335 e. The standard InChI is InChI=1S/C18H26N4O/c1-5-21(6-2)16-12-22(11-13(16)3)18(23)17-14-9-7-8-10-15(14)20(4)19-17/h7-10,13,16H,5-6,11-12H2,1-4H3/t13-,16+/m0/s1. The molecular weight excluding hydrogens is 288 g/mol. The molecule has 23 heavy (non-hydrogen) atoms. The molecule has 1 aromatic carbocycles. The van der Waals surface area contributed by atoms with Gasteiger partial charge in [0.15, 0.2) is 5.69 Å². The summed E-state index contributed by atoms with van der Waals surface area (Å²) in [7, 11) is 1.89. The third kappa shape index (κ3) is 2.74. The molecule has 1 fully saturated rings.